The van der Waals surface area contributed by atoms with E-state index in [0.717, 1.165) is 13.0 Å². The molecule has 1 fully saturated rings. The van der Waals surface area contributed by atoms with Crippen LogP contribution in [0.3, 0.4) is 0 Å². The summed E-state index contributed by atoms with van der Waals surface area (Å²) in [5.41, 5.74) is 0.611. The van der Waals surface area contributed by atoms with Crippen LogP contribution in [0.15, 0.2) is 18.2 Å². The summed E-state index contributed by atoms with van der Waals surface area (Å²) in [6, 6.07) is 4.08. The average Bonchev–Trinajstić information content (AvgIpc) is 2.65. The van der Waals surface area contributed by atoms with Gasteiger partial charge in [0.15, 0.2) is 9.84 Å². The van der Waals surface area contributed by atoms with Crippen LogP contribution in [0.1, 0.15) is 18.9 Å². The first-order valence-corrected chi connectivity index (χ1v) is 8.77. The summed E-state index contributed by atoms with van der Waals surface area (Å²) in [6.07, 6.45) is -0.896. The molecule has 21 heavy (non-hydrogen) atoms. The van der Waals surface area contributed by atoms with Gasteiger partial charge in [-0.05, 0) is 31.2 Å². The molecule has 0 spiro atoms. The summed E-state index contributed by atoms with van der Waals surface area (Å²) in [4.78, 5) is 0. The van der Waals surface area contributed by atoms with E-state index in [-0.39, 0.29) is 17.3 Å². The summed E-state index contributed by atoms with van der Waals surface area (Å²) < 4.78 is 41.9. The van der Waals surface area contributed by atoms with Crippen LogP contribution >= 0.6 is 0 Å². The van der Waals surface area contributed by atoms with E-state index in [1.165, 1.54) is 18.2 Å². The fraction of sp³-hybridized carbons (Fsp3) is 0.571. The third kappa shape index (κ3) is 4.39. The molecule has 1 heterocycles. The second-order valence-electron chi connectivity index (χ2n) is 5.23. The number of aliphatic hydroxyl groups excluding tert-OH is 1. The number of halogens is 1. The van der Waals surface area contributed by atoms with Gasteiger partial charge in [0.1, 0.15) is 23.8 Å². The molecule has 1 aromatic carbocycles. The van der Waals surface area contributed by atoms with E-state index in [2.05, 4.69) is 5.32 Å². The van der Waals surface area contributed by atoms with E-state index in [1.54, 1.807) is 0 Å². The quantitative estimate of drug-likeness (QED) is 0.761. The fourth-order valence-electron chi connectivity index (χ4n) is 2.27. The van der Waals surface area contributed by atoms with Gasteiger partial charge in [-0.15, -0.1) is 0 Å². The number of aliphatic hydroxyl groups is 1. The van der Waals surface area contributed by atoms with Crippen LogP contribution in [-0.4, -0.2) is 43.8 Å². The fourth-order valence-corrected chi connectivity index (χ4v) is 3.94. The minimum atomic E-state index is -3.27. The maximum atomic E-state index is 13.3. The van der Waals surface area contributed by atoms with E-state index in [0.29, 0.717) is 17.9 Å². The number of hydrogen-bond donors (Lipinski definition) is 2. The highest BCUT2D eigenvalue weighted by Crippen LogP contribution is 2.25. The molecule has 2 rings (SSSR count). The standard InChI is InChI=1S/C14H20FNO4S/c1-2-5-16-7-10-6-11(15)3-4-13(10)20-14-9-21(18,19)8-12(14)17/h3-4,6,12,14,16-17H,2,5,7-9H2,1H3. The molecule has 1 saturated heterocycles. The predicted octanol–water partition coefficient (Wildman–Crippen LogP) is 0.862. The molecule has 7 heteroatoms. The summed E-state index contributed by atoms with van der Waals surface area (Å²) in [7, 11) is -3.27. The van der Waals surface area contributed by atoms with Gasteiger partial charge in [0.2, 0.25) is 0 Å². The van der Waals surface area contributed by atoms with Crippen LogP contribution in [0, 0.1) is 5.82 Å². The van der Waals surface area contributed by atoms with Gasteiger partial charge in [-0.25, -0.2) is 12.8 Å². The number of nitrogens with one attached hydrogen (secondary N) is 1. The lowest BCUT2D eigenvalue weighted by atomic mass is 10.1. The lowest BCUT2D eigenvalue weighted by molar-refractivity contribution is 0.0730. The molecule has 2 unspecified atom stereocenters. The SMILES string of the molecule is CCCNCc1cc(F)ccc1OC1CS(=O)(=O)CC1O. The Morgan fingerprint density at radius 2 is 2.19 bits per heavy atom. The zero-order valence-electron chi connectivity index (χ0n) is 11.9. The third-order valence-electron chi connectivity index (χ3n) is 3.32. The highest BCUT2D eigenvalue weighted by Gasteiger charge is 2.38. The molecule has 0 saturated carbocycles. The van der Waals surface area contributed by atoms with Crippen LogP contribution < -0.4 is 10.1 Å². The molecule has 0 radical (unpaired) electrons. The highest BCUT2D eigenvalue weighted by atomic mass is 32.2. The first-order chi connectivity index (χ1) is 9.91. The molecule has 118 valence electrons. The van der Waals surface area contributed by atoms with Crippen molar-refractivity contribution in [1.82, 2.24) is 5.32 Å². The van der Waals surface area contributed by atoms with Gasteiger partial charge in [-0.1, -0.05) is 6.92 Å². The van der Waals surface area contributed by atoms with Gasteiger partial charge in [-0.3, -0.25) is 0 Å². The van der Waals surface area contributed by atoms with E-state index < -0.39 is 22.0 Å². The van der Waals surface area contributed by atoms with Crippen molar-refractivity contribution in [2.45, 2.75) is 32.1 Å². The van der Waals surface area contributed by atoms with Gasteiger partial charge >= 0.3 is 0 Å². The Kier molecular flexibility index (Phi) is 5.18. The molecular formula is C14H20FNO4S. The number of ether oxygens (including phenoxy) is 1. The van der Waals surface area contributed by atoms with Crippen LogP contribution in [0.5, 0.6) is 5.75 Å². The van der Waals surface area contributed by atoms with Gasteiger partial charge in [0, 0.05) is 12.1 Å². The highest BCUT2D eigenvalue weighted by molar-refractivity contribution is 7.91. The maximum absolute atomic E-state index is 13.3. The van der Waals surface area contributed by atoms with E-state index in [4.69, 9.17) is 4.74 Å². The Labute approximate surface area is 124 Å². The summed E-state index contributed by atoms with van der Waals surface area (Å²) >= 11 is 0. The first kappa shape index (κ1) is 16.2. The lowest BCUT2D eigenvalue weighted by Crippen LogP contribution is -2.30. The summed E-state index contributed by atoms with van der Waals surface area (Å²) in [5, 5.41) is 12.9. The molecule has 0 amide bonds. The molecule has 2 N–H and O–H groups in total. The van der Waals surface area contributed by atoms with Crippen molar-refractivity contribution in [3.8, 4) is 5.75 Å². The topological polar surface area (TPSA) is 75.6 Å². The third-order valence-corrected chi connectivity index (χ3v) is 5.00. The Hall–Kier alpha value is -1.18. The predicted molar refractivity (Wildman–Crippen MR) is 77.5 cm³/mol. The Balaban J connectivity index is 2.12. The molecule has 1 aliphatic rings. The van der Waals surface area contributed by atoms with Crippen LogP contribution in [0.2, 0.25) is 0 Å². The Morgan fingerprint density at radius 1 is 1.43 bits per heavy atom. The second-order valence-corrected chi connectivity index (χ2v) is 7.38. The average molecular weight is 317 g/mol. The maximum Gasteiger partial charge on any atom is 0.156 e. The smallest absolute Gasteiger partial charge is 0.156 e. The first-order valence-electron chi connectivity index (χ1n) is 6.95. The van der Waals surface area contributed by atoms with Gasteiger partial charge in [0.25, 0.3) is 0 Å². The van der Waals surface area contributed by atoms with Crippen molar-refractivity contribution in [3.63, 3.8) is 0 Å². The minimum Gasteiger partial charge on any atom is -0.486 e. The van der Waals surface area contributed by atoms with Gasteiger partial charge in [-0.2, -0.15) is 0 Å². The summed E-state index contributed by atoms with van der Waals surface area (Å²) in [5.74, 6) is -0.480. The van der Waals surface area contributed by atoms with Crippen molar-refractivity contribution in [2.24, 2.45) is 0 Å². The molecule has 0 bridgehead atoms. The van der Waals surface area contributed by atoms with Crippen molar-refractivity contribution in [2.75, 3.05) is 18.1 Å². The number of hydrogen-bond acceptors (Lipinski definition) is 5. The van der Waals surface area contributed by atoms with Gasteiger partial charge in [0.05, 0.1) is 11.5 Å². The largest absolute Gasteiger partial charge is 0.486 e. The van der Waals surface area contributed by atoms with E-state index in [9.17, 15) is 17.9 Å². The zero-order valence-corrected chi connectivity index (χ0v) is 12.7. The number of benzene rings is 1. The van der Waals surface area contributed by atoms with Crippen molar-refractivity contribution < 1.29 is 22.7 Å². The summed E-state index contributed by atoms with van der Waals surface area (Å²) in [6.45, 7) is 3.24. The Morgan fingerprint density at radius 3 is 2.81 bits per heavy atom. The monoisotopic (exact) mass is 317 g/mol. The Bertz CT molecular complexity index is 591. The lowest BCUT2D eigenvalue weighted by Gasteiger charge is -2.18. The molecule has 1 aliphatic heterocycles. The van der Waals surface area contributed by atoms with E-state index in [1.807, 2.05) is 6.92 Å². The van der Waals surface area contributed by atoms with Crippen molar-refractivity contribution >= 4 is 9.84 Å². The van der Waals surface area contributed by atoms with E-state index >= 15 is 0 Å². The normalized spacial score (nSPS) is 24.1. The number of rotatable bonds is 6. The molecule has 0 aliphatic carbocycles. The molecule has 1 aromatic rings. The van der Waals surface area contributed by atoms with Crippen molar-refractivity contribution in [3.05, 3.63) is 29.6 Å². The van der Waals surface area contributed by atoms with Crippen LogP contribution in [-0.2, 0) is 16.4 Å². The molecule has 5 nitrogen and oxygen atoms in total. The minimum absolute atomic E-state index is 0.215. The van der Waals surface area contributed by atoms with Crippen LogP contribution in [0.25, 0.3) is 0 Å². The molecule has 2 atom stereocenters. The van der Waals surface area contributed by atoms with Crippen LogP contribution in [0.4, 0.5) is 4.39 Å². The van der Waals surface area contributed by atoms with Gasteiger partial charge < -0.3 is 15.2 Å². The number of sulfone groups is 1. The molecule has 0 aromatic heterocycles. The zero-order chi connectivity index (χ0) is 15.5. The molecular weight excluding hydrogens is 297 g/mol. The van der Waals surface area contributed by atoms with Crippen molar-refractivity contribution in [1.29, 1.82) is 0 Å². The second kappa shape index (κ2) is 6.72.